The van der Waals surface area contributed by atoms with Crippen LogP contribution in [0.1, 0.15) is 0 Å². The van der Waals surface area contributed by atoms with Crippen molar-refractivity contribution < 1.29 is 0 Å². The van der Waals surface area contributed by atoms with E-state index < -0.39 is 0 Å². The van der Waals surface area contributed by atoms with Crippen LogP contribution in [0.15, 0.2) is 231 Å². The Morgan fingerprint density at radius 1 is 0.259 bits per heavy atom. The van der Waals surface area contributed by atoms with Crippen molar-refractivity contribution in [3.63, 3.8) is 0 Å². The van der Waals surface area contributed by atoms with Gasteiger partial charge in [-0.25, -0.2) is 0 Å². The highest BCUT2D eigenvalue weighted by Gasteiger charge is 2.20. The third-order valence-electron chi connectivity index (χ3n) is 11.6. The lowest BCUT2D eigenvalue weighted by molar-refractivity contribution is 1.28. The average molecular weight is 739 g/mol. The third-order valence-corrected chi connectivity index (χ3v) is 11.6. The van der Waals surface area contributed by atoms with Crippen molar-refractivity contribution >= 4 is 55.2 Å². The zero-order valence-corrected chi connectivity index (χ0v) is 31.8. The summed E-state index contributed by atoms with van der Waals surface area (Å²) in [6, 6.07) is 83.5. The lowest BCUT2D eigenvalue weighted by Gasteiger charge is -2.26. The molecule has 0 saturated heterocycles. The molecule has 0 radical (unpaired) electrons. The molecule has 0 spiro atoms. The fourth-order valence-corrected chi connectivity index (χ4v) is 8.81. The van der Waals surface area contributed by atoms with Crippen LogP contribution in [-0.4, -0.2) is 4.40 Å². The van der Waals surface area contributed by atoms with Gasteiger partial charge in [0.15, 0.2) is 0 Å². The minimum atomic E-state index is 1.10. The van der Waals surface area contributed by atoms with E-state index in [4.69, 9.17) is 0 Å². The maximum Gasteiger partial charge on any atom is 0.0625 e. The van der Waals surface area contributed by atoms with Gasteiger partial charge in [-0.1, -0.05) is 182 Å². The second-order valence-electron chi connectivity index (χ2n) is 14.9. The molecule has 2 aromatic heterocycles. The molecule has 0 N–H and O–H groups in total. The van der Waals surface area contributed by atoms with Gasteiger partial charge in [0.05, 0.1) is 16.6 Å². The van der Waals surface area contributed by atoms with Gasteiger partial charge in [-0.05, 0) is 92.9 Å². The second-order valence-corrected chi connectivity index (χ2v) is 14.9. The van der Waals surface area contributed by atoms with E-state index in [0.717, 1.165) is 17.1 Å². The Hall–Kier alpha value is -7.68. The number of nitrogens with zero attached hydrogens (tertiary/aromatic N) is 2. The first-order valence-electron chi connectivity index (χ1n) is 19.9. The summed E-state index contributed by atoms with van der Waals surface area (Å²) in [6.45, 7) is 0. The van der Waals surface area contributed by atoms with Crippen molar-refractivity contribution in [3.8, 4) is 44.5 Å². The number of anilines is 3. The minimum Gasteiger partial charge on any atom is -0.311 e. The SMILES string of the molecule is c1ccc(-c2ccc(N(c3ccc(-c4ccccc4)cc3)c3ccc(-c4ccc5c(-c6ccccc6)c6c7ccccc7c7ccccc7n6c5c4)cc3)cc2)cc1. The summed E-state index contributed by atoms with van der Waals surface area (Å²) in [4.78, 5) is 2.35. The summed E-state index contributed by atoms with van der Waals surface area (Å²) in [5.74, 6) is 0. The predicted octanol–water partition coefficient (Wildman–Crippen LogP) is 15.5. The van der Waals surface area contributed by atoms with Gasteiger partial charge in [0.2, 0.25) is 0 Å². The van der Waals surface area contributed by atoms with Gasteiger partial charge in [-0.15, -0.1) is 0 Å². The zero-order valence-electron chi connectivity index (χ0n) is 31.8. The normalized spacial score (nSPS) is 11.4. The summed E-state index contributed by atoms with van der Waals surface area (Å²) < 4.78 is 2.49. The van der Waals surface area contributed by atoms with Crippen molar-refractivity contribution in [2.75, 3.05) is 4.90 Å². The molecule has 0 fully saturated rings. The minimum absolute atomic E-state index is 1.10. The largest absolute Gasteiger partial charge is 0.311 e. The zero-order chi connectivity index (χ0) is 38.4. The Balaban J connectivity index is 1.04. The fourth-order valence-electron chi connectivity index (χ4n) is 8.81. The van der Waals surface area contributed by atoms with Crippen molar-refractivity contribution in [2.45, 2.75) is 0 Å². The number of benzene rings is 9. The molecule has 0 unspecified atom stereocenters. The summed E-state index contributed by atoms with van der Waals surface area (Å²) in [7, 11) is 0. The molecular weight excluding hydrogens is 701 g/mol. The van der Waals surface area contributed by atoms with Gasteiger partial charge < -0.3 is 9.30 Å². The van der Waals surface area contributed by atoms with Crippen LogP contribution in [-0.2, 0) is 0 Å². The van der Waals surface area contributed by atoms with Gasteiger partial charge in [-0.3, -0.25) is 0 Å². The number of para-hydroxylation sites is 1. The van der Waals surface area contributed by atoms with Crippen molar-refractivity contribution in [1.29, 1.82) is 0 Å². The first kappa shape index (κ1) is 33.6. The van der Waals surface area contributed by atoms with Gasteiger partial charge in [-0.2, -0.15) is 0 Å². The Morgan fingerprint density at radius 2 is 0.655 bits per heavy atom. The molecule has 0 bridgehead atoms. The summed E-state index contributed by atoms with van der Waals surface area (Å²) in [5, 5.41) is 5.04. The molecule has 272 valence electrons. The van der Waals surface area contributed by atoms with Crippen molar-refractivity contribution in [2.24, 2.45) is 0 Å². The molecule has 0 atom stereocenters. The number of fused-ring (bicyclic) bond motifs is 8. The topological polar surface area (TPSA) is 7.65 Å². The van der Waals surface area contributed by atoms with Crippen LogP contribution in [0.3, 0.4) is 0 Å². The monoisotopic (exact) mass is 738 g/mol. The number of pyridine rings is 1. The first-order valence-corrected chi connectivity index (χ1v) is 19.9. The molecule has 58 heavy (non-hydrogen) atoms. The quantitative estimate of drug-likeness (QED) is 0.148. The number of rotatable bonds is 7. The molecule has 2 heterocycles. The predicted molar refractivity (Wildman–Crippen MR) is 246 cm³/mol. The summed E-state index contributed by atoms with van der Waals surface area (Å²) in [5.41, 5.74) is 16.6. The van der Waals surface area contributed by atoms with Crippen molar-refractivity contribution in [3.05, 3.63) is 231 Å². The van der Waals surface area contributed by atoms with E-state index in [1.165, 1.54) is 82.6 Å². The Kier molecular flexibility index (Phi) is 8.19. The molecule has 0 aliphatic heterocycles. The fraction of sp³-hybridized carbons (Fsp3) is 0. The van der Waals surface area contributed by atoms with Gasteiger partial charge >= 0.3 is 0 Å². The highest BCUT2D eigenvalue weighted by atomic mass is 15.1. The van der Waals surface area contributed by atoms with E-state index in [9.17, 15) is 0 Å². The average Bonchev–Trinajstić information content (AvgIpc) is 3.66. The maximum atomic E-state index is 2.49. The Morgan fingerprint density at radius 3 is 1.19 bits per heavy atom. The molecule has 11 rings (SSSR count). The molecule has 2 heteroatoms. The maximum absolute atomic E-state index is 2.49. The molecule has 0 amide bonds. The van der Waals surface area contributed by atoms with Crippen LogP contribution >= 0.6 is 0 Å². The lowest BCUT2D eigenvalue weighted by atomic mass is 9.97. The highest BCUT2D eigenvalue weighted by molar-refractivity contribution is 6.22. The van der Waals surface area contributed by atoms with E-state index in [1.807, 2.05) is 0 Å². The van der Waals surface area contributed by atoms with Crippen LogP contribution in [0.25, 0.3) is 82.6 Å². The lowest BCUT2D eigenvalue weighted by Crippen LogP contribution is -2.09. The van der Waals surface area contributed by atoms with Crippen LogP contribution in [0.2, 0.25) is 0 Å². The van der Waals surface area contributed by atoms with E-state index >= 15 is 0 Å². The van der Waals surface area contributed by atoms with E-state index in [2.05, 4.69) is 240 Å². The van der Waals surface area contributed by atoms with Gasteiger partial charge in [0.1, 0.15) is 0 Å². The molecule has 0 aliphatic rings. The molecule has 0 saturated carbocycles. The molecule has 9 aromatic carbocycles. The summed E-state index contributed by atoms with van der Waals surface area (Å²) in [6.07, 6.45) is 0. The van der Waals surface area contributed by atoms with Crippen molar-refractivity contribution in [1.82, 2.24) is 4.40 Å². The van der Waals surface area contributed by atoms with Crippen LogP contribution in [0, 0.1) is 0 Å². The molecule has 0 aliphatic carbocycles. The molecule has 2 nitrogen and oxygen atoms in total. The number of hydrogen-bond donors (Lipinski definition) is 0. The molecular formula is C56H38N2. The Bertz CT molecular complexity index is 3140. The van der Waals surface area contributed by atoms with E-state index in [1.54, 1.807) is 0 Å². The van der Waals surface area contributed by atoms with E-state index in [-0.39, 0.29) is 0 Å². The van der Waals surface area contributed by atoms with Crippen LogP contribution in [0.4, 0.5) is 17.1 Å². The van der Waals surface area contributed by atoms with Gasteiger partial charge in [0.25, 0.3) is 0 Å². The second kappa shape index (κ2) is 14.1. The van der Waals surface area contributed by atoms with Crippen LogP contribution < -0.4 is 4.90 Å². The van der Waals surface area contributed by atoms with E-state index in [0.29, 0.717) is 0 Å². The smallest absolute Gasteiger partial charge is 0.0625 e. The number of hydrogen-bond acceptors (Lipinski definition) is 1. The van der Waals surface area contributed by atoms with Gasteiger partial charge in [0, 0.05) is 38.8 Å². The number of aromatic nitrogens is 1. The van der Waals surface area contributed by atoms with Crippen LogP contribution in [0.5, 0.6) is 0 Å². The standard InChI is InChI=1S/C56H38N2/c1-4-14-39(15-5-1)41-24-31-46(32-25-41)57(47-33-26-42(27-34-47)40-16-6-2-7-17-40)48-35-28-43(29-36-48)45-30-37-52-54(38-45)58-53-23-13-12-21-50(53)49-20-10-11-22-51(49)56(58)55(52)44-18-8-3-9-19-44/h1-38H. The third kappa shape index (κ3) is 5.74. The molecule has 11 aromatic rings. The summed E-state index contributed by atoms with van der Waals surface area (Å²) >= 11 is 0. The first-order chi connectivity index (χ1) is 28.8. The highest BCUT2D eigenvalue weighted by Crippen LogP contribution is 2.44. The Labute approximate surface area is 338 Å².